The molecular formula is C8H11NO2. The van der Waals surface area contributed by atoms with E-state index in [0.717, 1.165) is 0 Å². The Bertz CT molecular complexity index is 228. The van der Waals surface area contributed by atoms with E-state index in [0.29, 0.717) is 5.56 Å². The van der Waals surface area contributed by atoms with Gasteiger partial charge in [0, 0.05) is 0 Å². The predicted octanol–water partition coefficient (Wildman–Crippen LogP) is 1.07. The van der Waals surface area contributed by atoms with Crippen LogP contribution in [0.15, 0.2) is 23.0 Å². The summed E-state index contributed by atoms with van der Waals surface area (Å²) in [6, 6.07) is 1.52. The van der Waals surface area contributed by atoms with E-state index >= 15 is 0 Å². The highest BCUT2D eigenvalue weighted by Gasteiger charge is 2.13. The molecule has 1 N–H and O–H groups in total. The Morgan fingerprint density at radius 2 is 2.45 bits per heavy atom. The highest BCUT2D eigenvalue weighted by molar-refractivity contribution is 5.99. The Morgan fingerprint density at radius 3 is 2.91 bits per heavy atom. The van der Waals surface area contributed by atoms with Crippen LogP contribution in [0.25, 0.3) is 0 Å². The Balaban J connectivity index is 2.70. The van der Waals surface area contributed by atoms with Gasteiger partial charge in [0.25, 0.3) is 0 Å². The summed E-state index contributed by atoms with van der Waals surface area (Å²) in [7, 11) is 1.75. The lowest BCUT2D eigenvalue weighted by molar-refractivity contribution is 0.0954. The average Bonchev–Trinajstić information content (AvgIpc) is 2.53. The van der Waals surface area contributed by atoms with Gasteiger partial charge in [0.15, 0.2) is 5.78 Å². The second-order valence-corrected chi connectivity index (χ2v) is 2.39. The van der Waals surface area contributed by atoms with Gasteiger partial charge in [-0.15, -0.1) is 0 Å². The summed E-state index contributed by atoms with van der Waals surface area (Å²) in [5.74, 6) is 0.0567. The molecule has 0 aliphatic rings. The van der Waals surface area contributed by atoms with Gasteiger partial charge in [0.2, 0.25) is 0 Å². The number of carbonyl (C=O) groups is 1. The van der Waals surface area contributed by atoms with Gasteiger partial charge in [-0.25, -0.2) is 0 Å². The molecule has 0 aliphatic heterocycles. The van der Waals surface area contributed by atoms with Crippen molar-refractivity contribution in [3.8, 4) is 0 Å². The van der Waals surface area contributed by atoms with Crippen LogP contribution in [0.2, 0.25) is 0 Å². The van der Waals surface area contributed by atoms with Gasteiger partial charge in [-0.2, -0.15) is 0 Å². The van der Waals surface area contributed by atoms with Crippen LogP contribution < -0.4 is 5.32 Å². The molecule has 1 aromatic heterocycles. The van der Waals surface area contributed by atoms with Crippen LogP contribution in [-0.4, -0.2) is 18.9 Å². The van der Waals surface area contributed by atoms with Crippen molar-refractivity contribution < 1.29 is 9.21 Å². The third-order valence-corrected chi connectivity index (χ3v) is 1.63. The first-order valence-corrected chi connectivity index (χ1v) is 3.49. The summed E-state index contributed by atoms with van der Waals surface area (Å²) in [4.78, 5) is 11.3. The maximum absolute atomic E-state index is 11.3. The van der Waals surface area contributed by atoms with Crippen LogP contribution >= 0.6 is 0 Å². The molecule has 0 fully saturated rings. The summed E-state index contributed by atoms with van der Waals surface area (Å²) < 4.78 is 4.78. The van der Waals surface area contributed by atoms with Gasteiger partial charge in [0.1, 0.15) is 6.26 Å². The Kier molecular flexibility index (Phi) is 2.44. The number of ketones is 1. The summed E-state index contributed by atoms with van der Waals surface area (Å²) >= 11 is 0. The first kappa shape index (κ1) is 8.01. The molecule has 0 aliphatic carbocycles. The van der Waals surface area contributed by atoms with E-state index in [1.54, 1.807) is 13.1 Å². The van der Waals surface area contributed by atoms with E-state index in [9.17, 15) is 4.79 Å². The molecule has 1 aromatic rings. The van der Waals surface area contributed by atoms with E-state index in [1.165, 1.54) is 12.5 Å². The molecule has 1 unspecified atom stereocenters. The van der Waals surface area contributed by atoms with E-state index in [1.807, 2.05) is 6.92 Å². The van der Waals surface area contributed by atoms with Crippen molar-refractivity contribution in [2.45, 2.75) is 13.0 Å². The Hall–Kier alpha value is -1.09. The largest absolute Gasteiger partial charge is 0.472 e. The molecule has 0 spiro atoms. The zero-order valence-electron chi connectivity index (χ0n) is 6.63. The van der Waals surface area contributed by atoms with Crippen LogP contribution in [-0.2, 0) is 0 Å². The van der Waals surface area contributed by atoms with Crippen LogP contribution in [0, 0.1) is 0 Å². The quantitative estimate of drug-likeness (QED) is 0.660. The second kappa shape index (κ2) is 3.34. The van der Waals surface area contributed by atoms with Crippen LogP contribution in [0.4, 0.5) is 0 Å². The molecule has 11 heavy (non-hydrogen) atoms. The van der Waals surface area contributed by atoms with Crippen LogP contribution in [0.5, 0.6) is 0 Å². The van der Waals surface area contributed by atoms with Gasteiger partial charge in [-0.05, 0) is 20.0 Å². The topological polar surface area (TPSA) is 42.2 Å². The zero-order valence-corrected chi connectivity index (χ0v) is 6.63. The molecule has 3 heteroatoms. The molecular weight excluding hydrogens is 142 g/mol. The maximum Gasteiger partial charge on any atom is 0.182 e. The maximum atomic E-state index is 11.3. The summed E-state index contributed by atoms with van der Waals surface area (Å²) in [6.45, 7) is 1.81. The monoisotopic (exact) mass is 153 g/mol. The third kappa shape index (κ3) is 1.68. The lowest BCUT2D eigenvalue weighted by Crippen LogP contribution is -2.30. The Labute approximate surface area is 65.4 Å². The Morgan fingerprint density at radius 1 is 1.73 bits per heavy atom. The third-order valence-electron chi connectivity index (χ3n) is 1.63. The summed E-state index contributed by atoms with van der Waals surface area (Å²) in [5, 5.41) is 2.86. The standard InChI is InChI=1S/C8H11NO2/c1-6(9-2)8(10)7-3-4-11-5-7/h3-6,9H,1-2H3. The average molecular weight is 153 g/mol. The van der Waals surface area contributed by atoms with Crippen molar-refractivity contribution in [3.05, 3.63) is 24.2 Å². The zero-order chi connectivity index (χ0) is 8.27. The first-order chi connectivity index (χ1) is 5.25. The lowest BCUT2D eigenvalue weighted by atomic mass is 10.1. The minimum absolute atomic E-state index is 0.0567. The van der Waals surface area contributed by atoms with Crippen molar-refractivity contribution in [1.82, 2.24) is 5.32 Å². The fraction of sp³-hybridized carbons (Fsp3) is 0.375. The molecule has 60 valence electrons. The number of carbonyl (C=O) groups excluding carboxylic acids is 1. The molecule has 0 saturated heterocycles. The van der Waals surface area contributed by atoms with E-state index in [2.05, 4.69) is 5.32 Å². The molecule has 0 amide bonds. The molecule has 0 saturated carbocycles. The van der Waals surface area contributed by atoms with Crippen molar-refractivity contribution in [1.29, 1.82) is 0 Å². The number of Topliss-reactive ketones (excluding diaryl/α,β-unsaturated/α-hetero) is 1. The van der Waals surface area contributed by atoms with E-state index in [4.69, 9.17) is 4.42 Å². The second-order valence-electron chi connectivity index (χ2n) is 2.39. The molecule has 1 rings (SSSR count). The SMILES string of the molecule is CNC(C)C(=O)c1ccoc1. The van der Waals surface area contributed by atoms with Gasteiger partial charge >= 0.3 is 0 Å². The highest BCUT2D eigenvalue weighted by atomic mass is 16.3. The van der Waals surface area contributed by atoms with E-state index < -0.39 is 0 Å². The normalized spacial score (nSPS) is 12.9. The number of hydrogen-bond donors (Lipinski definition) is 1. The molecule has 1 atom stereocenters. The number of hydrogen-bond acceptors (Lipinski definition) is 3. The predicted molar refractivity (Wildman–Crippen MR) is 41.6 cm³/mol. The fourth-order valence-corrected chi connectivity index (χ4v) is 0.786. The molecule has 0 aromatic carbocycles. The molecule has 1 heterocycles. The van der Waals surface area contributed by atoms with Gasteiger partial charge < -0.3 is 9.73 Å². The van der Waals surface area contributed by atoms with Crippen molar-refractivity contribution in [2.75, 3.05) is 7.05 Å². The number of likely N-dealkylation sites (N-methyl/N-ethyl adjacent to an activating group) is 1. The fourth-order valence-electron chi connectivity index (χ4n) is 0.786. The number of nitrogens with one attached hydrogen (secondary N) is 1. The lowest BCUT2D eigenvalue weighted by Gasteiger charge is -2.05. The summed E-state index contributed by atoms with van der Waals surface area (Å²) in [5.41, 5.74) is 0.617. The smallest absolute Gasteiger partial charge is 0.182 e. The van der Waals surface area contributed by atoms with Gasteiger partial charge in [-0.3, -0.25) is 4.79 Å². The van der Waals surface area contributed by atoms with Crippen molar-refractivity contribution >= 4 is 5.78 Å². The number of rotatable bonds is 3. The van der Waals surface area contributed by atoms with Crippen molar-refractivity contribution in [3.63, 3.8) is 0 Å². The summed E-state index contributed by atoms with van der Waals surface area (Å²) in [6.07, 6.45) is 2.95. The van der Waals surface area contributed by atoms with Crippen molar-refractivity contribution in [2.24, 2.45) is 0 Å². The van der Waals surface area contributed by atoms with E-state index in [-0.39, 0.29) is 11.8 Å². The van der Waals surface area contributed by atoms with Crippen LogP contribution in [0.1, 0.15) is 17.3 Å². The molecule has 0 bridgehead atoms. The van der Waals surface area contributed by atoms with Gasteiger partial charge in [-0.1, -0.05) is 0 Å². The number of furan rings is 1. The highest BCUT2D eigenvalue weighted by Crippen LogP contribution is 2.03. The minimum atomic E-state index is -0.146. The van der Waals surface area contributed by atoms with Gasteiger partial charge in [0.05, 0.1) is 17.9 Å². The van der Waals surface area contributed by atoms with Crippen LogP contribution in [0.3, 0.4) is 0 Å². The first-order valence-electron chi connectivity index (χ1n) is 3.49. The molecule has 0 radical (unpaired) electrons. The minimum Gasteiger partial charge on any atom is -0.472 e. The molecule has 3 nitrogen and oxygen atoms in total.